The maximum atomic E-state index is 12.7. The molecule has 4 heterocycles. The predicted octanol–water partition coefficient (Wildman–Crippen LogP) is 9.64. The molecule has 2 aliphatic rings. The Kier molecular flexibility index (Phi) is 12.9. The summed E-state index contributed by atoms with van der Waals surface area (Å²) in [6.45, 7) is 12.3. The number of likely N-dealkylation sites (tertiary alicyclic amines) is 2. The first-order valence-electron chi connectivity index (χ1n) is 18.0. The lowest BCUT2D eigenvalue weighted by molar-refractivity contribution is -0.0170. The summed E-state index contributed by atoms with van der Waals surface area (Å²) < 4.78 is 12.5. The number of aliphatic hydroxyl groups excluding tert-OH is 2. The van der Waals surface area contributed by atoms with Gasteiger partial charge in [-0.05, 0) is 147 Å². The number of aromatic nitrogens is 2. The van der Waals surface area contributed by atoms with E-state index in [2.05, 4.69) is 41.8 Å². The molecule has 4 aromatic rings. The molecule has 12 heteroatoms. The minimum Gasteiger partial charge on any atom is -0.444 e. The summed E-state index contributed by atoms with van der Waals surface area (Å²) in [5.74, 6) is 0. The van der Waals surface area contributed by atoms with Gasteiger partial charge in [-0.3, -0.25) is 0 Å². The quantitative estimate of drug-likeness (QED) is 0.195. The molecule has 10 nitrogen and oxygen atoms in total. The summed E-state index contributed by atoms with van der Waals surface area (Å²) in [7, 11) is 0. The Morgan fingerprint density at radius 2 is 1.04 bits per heavy atom. The van der Waals surface area contributed by atoms with E-state index >= 15 is 0 Å². The van der Waals surface area contributed by atoms with Crippen LogP contribution in [-0.2, 0) is 9.47 Å². The number of hydrogen-bond donors (Lipinski definition) is 2. The van der Waals surface area contributed by atoms with Crippen molar-refractivity contribution in [3.8, 4) is 0 Å². The van der Waals surface area contributed by atoms with Crippen molar-refractivity contribution in [3.63, 3.8) is 0 Å². The molecule has 52 heavy (non-hydrogen) atoms. The number of fused-ring (bicyclic) bond motifs is 2. The Morgan fingerprint density at radius 1 is 0.673 bits per heavy atom. The van der Waals surface area contributed by atoms with Gasteiger partial charge in [0.25, 0.3) is 0 Å². The number of nitrogens with zero attached hydrogens (tertiary/aromatic N) is 4. The predicted molar refractivity (Wildman–Crippen MR) is 210 cm³/mol. The van der Waals surface area contributed by atoms with Crippen LogP contribution >= 0.6 is 31.9 Å². The third-order valence-electron chi connectivity index (χ3n) is 9.15. The Morgan fingerprint density at radius 3 is 1.40 bits per heavy atom. The first-order valence-corrected chi connectivity index (χ1v) is 19.6. The molecule has 2 fully saturated rings. The Balaban J connectivity index is 0.000000201. The van der Waals surface area contributed by atoms with Crippen LogP contribution in [0, 0.1) is 0 Å². The number of ether oxygens (including phenoxy) is 2. The lowest BCUT2D eigenvalue weighted by Crippen LogP contribution is -2.48. The number of carbonyl (C=O) groups is 2. The Hall–Kier alpha value is -3.32. The first kappa shape index (κ1) is 39.9. The van der Waals surface area contributed by atoms with Crippen molar-refractivity contribution in [2.24, 2.45) is 0 Å². The number of aliphatic hydroxyl groups is 2. The number of piperidine rings is 2. The number of pyridine rings is 2. The Labute approximate surface area is 323 Å². The molecule has 2 amide bonds. The lowest BCUT2D eigenvalue weighted by atomic mass is 9.91. The van der Waals surface area contributed by atoms with Crippen molar-refractivity contribution >= 4 is 65.9 Å². The van der Waals surface area contributed by atoms with Gasteiger partial charge in [0.15, 0.2) is 0 Å². The molecule has 2 saturated heterocycles. The average molecular weight is 843 g/mol. The van der Waals surface area contributed by atoms with Crippen molar-refractivity contribution in [1.82, 2.24) is 19.8 Å². The van der Waals surface area contributed by atoms with Crippen LogP contribution in [0.15, 0.2) is 69.9 Å². The van der Waals surface area contributed by atoms with E-state index in [9.17, 15) is 19.8 Å². The number of rotatable bonds is 4. The largest absolute Gasteiger partial charge is 0.444 e. The summed E-state index contributed by atoms with van der Waals surface area (Å²) in [5, 5.41) is 24.2. The van der Waals surface area contributed by atoms with Crippen LogP contribution in [0.2, 0.25) is 0 Å². The third-order valence-corrected chi connectivity index (χ3v) is 9.97. The number of carbonyl (C=O) groups excluding carboxylic acids is 2. The number of para-hydroxylation sites is 2. The van der Waals surface area contributed by atoms with Gasteiger partial charge in [-0.25, -0.2) is 19.6 Å². The molecule has 0 radical (unpaired) electrons. The summed E-state index contributed by atoms with van der Waals surface area (Å²) in [5.41, 5.74) is 2.07. The SMILES string of the molecule is CC(C)(C)OC(=O)N1CCCC[C@H]1[C@@H](O)c1cc(Br)nc2ccccc12.CC(C)(C)OC(=O)N1CCCC[C@H]1[C@H](O)c1cc(Br)nc2ccccc12. The van der Waals surface area contributed by atoms with Gasteiger partial charge in [-0.1, -0.05) is 36.4 Å². The molecule has 0 saturated carbocycles. The van der Waals surface area contributed by atoms with Crippen LogP contribution in [-0.4, -0.2) is 78.5 Å². The van der Waals surface area contributed by atoms with E-state index in [0.717, 1.165) is 71.5 Å². The molecule has 2 aromatic heterocycles. The normalized spacial score (nSPS) is 19.4. The van der Waals surface area contributed by atoms with Crippen LogP contribution < -0.4 is 0 Å². The van der Waals surface area contributed by atoms with Gasteiger partial charge < -0.3 is 29.5 Å². The van der Waals surface area contributed by atoms with Gasteiger partial charge in [-0.2, -0.15) is 0 Å². The zero-order valence-electron chi connectivity index (χ0n) is 30.8. The van der Waals surface area contributed by atoms with Crippen molar-refractivity contribution in [2.75, 3.05) is 13.1 Å². The maximum absolute atomic E-state index is 12.7. The van der Waals surface area contributed by atoms with E-state index in [1.807, 2.05) is 102 Å². The zero-order chi connectivity index (χ0) is 37.8. The lowest BCUT2D eigenvalue weighted by Gasteiger charge is -2.39. The minimum atomic E-state index is -0.799. The summed E-state index contributed by atoms with van der Waals surface area (Å²) >= 11 is 6.86. The molecule has 0 bridgehead atoms. The van der Waals surface area contributed by atoms with Gasteiger partial charge in [0.2, 0.25) is 0 Å². The summed E-state index contributed by atoms with van der Waals surface area (Å²) in [6.07, 6.45) is 2.96. The molecule has 0 spiro atoms. The highest BCUT2D eigenvalue weighted by atomic mass is 79.9. The molecular formula is C40H50Br2N4O6. The van der Waals surface area contributed by atoms with Gasteiger partial charge in [0.1, 0.15) is 32.6 Å². The van der Waals surface area contributed by atoms with Crippen LogP contribution in [0.5, 0.6) is 0 Å². The van der Waals surface area contributed by atoms with Crippen LogP contribution in [0.1, 0.15) is 103 Å². The van der Waals surface area contributed by atoms with E-state index in [-0.39, 0.29) is 24.3 Å². The molecule has 4 atom stereocenters. The third kappa shape index (κ3) is 10.0. The topological polar surface area (TPSA) is 125 Å². The van der Waals surface area contributed by atoms with Crippen LogP contribution in [0.3, 0.4) is 0 Å². The standard InChI is InChI=1S/2C20H25BrN2O3/c2*1-20(2,3)26-19(25)23-11-7-6-10-16(23)18(24)14-12-17(21)22-15-9-5-4-8-13(14)15/h2*4-5,8-9,12,16,18,24H,6-7,10-11H2,1-3H3/t16-,18+;16-,18-/m00/s1. The zero-order valence-corrected chi connectivity index (χ0v) is 34.0. The fraction of sp³-hybridized carbons (Fsp3) is 0.500. The second kappa shape index (κ2) is 16.8. The van der Waals surface area contributed by atoms with Gasteiger partial charge in [0.05, 0.1) is 23.1 Å². The summed E-state index contributed by atoms with van der Waals surface area (Å²) in [6, 6.07) is 18.5. The monoisotopic (exact) mass is 840 g/mol. The summed E-state index contributed by atoms with van der Waals surface area (Å²) in [4.78, 5) is 37.6. The molecule has 2 aliphatic heterocycles. The average Bonchev–Trinajstić information content (AvgIpc) is 3.09. The smallest absolute Gasteiger partial charge is 0.410 e. The van der Waals surface area contributed by atoms with Crippen molar-refractivity contribution < 1.29 is 29.3 Å². The highest BCUT2D eigenvalue weighted by molar-refractivity contribution is 9.10. The Bertz CT molecular complexity index is 1740. The second-order valence-corrected chi connectivity index (χ2v) is 17.1. The maximum Gasteiger partial charge on any atom is 0.410 e. The minimum absolute atomic E-state index is 0.309. The fourth-order valence-electron chi connectivity index (χ4n) is 6.91. The van der Waals surface area contributed by atoms with E-state index < -0.39 is 23.4 Å². The molecule has 2 N–H and O–H groups in total. The molecule has 2 aromatic carbocycles. The fourth-order valence-corrected chi connectivity index (χ4v) is 7.78. The second-order valence-electron chi connectivity index (χ2n) is 15.5. The van der Waals surface area contributed by atoms with E-state index in [1.165, 1.54) is 0 Å². The number of benzene rings is 2. The van der Waals surface area contributed by atoms with E-state index in [1.54, 1.807) is 9.80 Å². The number of halogens is 2. The molecule has 280 valence electrons. The van der Waals surface area contributed by atoms with Gasteiger partial charge >= 0.3 is 12.2 Å². The molecule has 0 aliphatic carbocycles. The van der Waals surface area contributed by atoms with E-state index in [0.29, 0.717) is 22.3 Å². The molecule has 6 rings (SSSR count). The molecule has 0 unspecified atom stereocenters. The number of hydrogen-bond acceptors (Lipinski definition) is 8. The van der Waals surface area contributed by atoms with Crippen LogP contribution in [0.4, 0.5) is 9.59 Å². The highest BCUT2D eigenvalue weighted by Crippen LogP contribution is 2.36. The van der Waals surface area contributed by atoms with E-state index in [4.69, 9.17) is 9.47 Å². The highest BCUT2D eigenvalue weighted by Gasteiger charge is 2.37. The molecular weight excluding hydrogens is 792 g/mol. The van der Waals surface area contributed by atoms with Crippen molar-refractivity contribution in [1.29, 1.82) is 0 Å². The van der Waals surface area contributed by atoms with Gasteiger partial charge in [-0.15, -0.1) is 0 Å². The van der Waals surface area contributed by atoms with Crippen molar-refractivity contribution in [3.05, 3.63) is 81.0 Å². The van der Waals surface area contributed by atoms with Gasteiger partial charge in [0, 0.05) is 23.9 Å². The number of amides is 2. The van der Waals surface area contributed by atoms with Crippen molar-refractivity contribution in [2.45, 2.75) is 116 Å². The van der Waals surface area contributed by atoms with Crippen LogP contribution in [0.25, 0.3) is 21.8 Å². The first-order chi connectivity index (χ1) is 24.5.